The molecule has 0 saturated carbocycles. The number of likely N-dealkylation sites (tertiary alicyclic amines) is 1. The summed E-state index contributed by atoms with van der Waals surface area (Å²) in [6.07, 6.45) is 6.22. The molecule has 5 heteroatoms. The van der Waals surface area contributed by atoms with Gasteiger partial charge in [0.2, 0.25) is 0 Å². The van der Waals surface area contributed by atoms with Crippen LogP contribution in [0.25, 0.3) is 0 Å². The second kappa shape index (κ2) is 12.8. The smallest absolute Gasteiger partial charge is 0 e. The summed E-state index contributed by atoms with van der Waals surface area (Å²) in [6.45, 7) is 1.68. The van der Waals surface area contributed by atoms with Crippen LogP contribution in [0, 0.1) is 6.42 Å². The predicted octanol–water partition coefficient (Wildman–Crippen LogP) is 0.346. The van der Waals surface area contributed by atoms with Crippen molar-refractivity contribution < 1.29 is 103 Å². The molecule has 0 N–H and O–H groups in total. The molecule has 0 spiro atoms. The summed E-state index contributed by atoms with van der Waals surface area (Å²) in [4.78, 5) is 11.6. The van der Waals surface area contributed by atoms with Crippen molar-refractivity contribution in [3.63, 3.8) is 0 Å². The van der Waals surface area contributed by atoms with Gasteiger partial charge in [0.1, 0.15) is 0 Å². The standard InChI is InChI=1S/C6H9NO.3Y/c8-6-7-4-2-1-3-5-7;;;/h2H,1,3-5H2;;;/q-2;;;. The van der Waals surface area contributed by atoms with Crippen molar-refractivity contribution in [2.24, 2.45) is 0 Å². The number of amides is 1. The van der Waals surface area contributed by atoms with Crippen LogP contribution in [0.5, 0.6) is 0 Å². The van der Waals surface area contributed by atoms with Crippen LogP contribution in [0.4, 0.5) is 0 Å². The van der Waals surface area contributed by atoms with Crippen molar-refractivity contribution in [1.29, 1.82) is 0 Å². The molecule has 3 radical (unpaired) electrons. The largest absolute Gasteiger partial charge is 0.542 e. The van der Waals surface area contributed by atoms with Crippen LogP contribution in [0.2, 0.25) is 0 Å². The van der Waals surface area contributed by atoms with Crippen LogP contribution in [0.15, 0.2) is 0 Å². The van der Waals surface area contributed by atoms with Gasteiger partial charge in [0.05, 0.1) is 0 Å². The molecule has 0 aromatic rings. The first-order valence-corrected chi connectivity index (χ1v) is 2.88. The fourth-order valence-corrected chi connectivity index (χ4v) is 0.848. The average molecular weight is 378 g/mol. The summed E-state index contributed by atoms with van der Waals surface area (Å²) >= 11 is 0. The number of hydrogen-bond acceptors (Lipinski definition) is 1. The van der Waals surface area contributed by atoms with E-state index in [1.165, 1.54) is 0 Å². The van der Waals surface area contributed by atoms with Gasteiger partial charge in [0, 0.05) is 98.1 Å². The Hall–Kier alpha value is 2.78. The molecule has 11 heavy (non-hydrogen) atoms. The molecular formula is C6H9NOY3-2. The van der Waals surface area contributed by atoms with Crippen molar-refractivity contribution in [2.45, 2.75) is 12.8 Å². The summed E-state index contributed by atoms with van der Waals surface area (Å²) < 4.78 is 0. The zero-order chi connectivity index (χ0) is 5.82. The third kappa shape index (κ3) is 9.09. The van der Waals surface area contributed by atoms with E-state index in [1.54, 1.807) is 4.90 Å². The minimum atomic E-state index is 0. The maximum Gasteiger partial charge on any atom is 0 e. The van der Waals surface area contributed by atoms with E-state index in [4.69, 9.17) is 0 Å². The van der Waals surface area contributed by atoms with Gasteiger partial charge in [-0.15, -0.1) is 6.54 Å². The van der Waals surface area contributed by atoms with E-state index in [-0.39, 0.29) is 98.1 Å². The van der Waals surface area contributed by atoms with Gasteiger partial charge < -0.3 is 16.1 Å². The Morgan fingerprint density at radius 2 is 1.91 bits per heavy atom. The van der Waals surface area contributed by atoms with Crippen LogP contribution in [-0.4, -0.2) is 24.4 Å². The molecule has 1 aliphatic rings. The van der Waals surface area contributed by atoms with Gasteiger partial charge in [0.25, 0.3) is 0 Å². The molecule has 1 amide bonds. The molecular weight excluding hydrogens is 369 g/mol. The van der Waals surface area contributed by atoms with Crippen LogP contribution in [0.1, 0.15) is 12.8 Å². The fraction of sp³-hybridized carbons (Fsp3) is 0.667. The monoisotopic (exact) mass is 378 g/mol. The van der Waals surface area contributed by atoms with Gasteiger partial charge >= 0.3 is 0 Å². The second-order valence-corrected chi connectivity index (χ2v) is 1.97. The van der Waals surface area contributed by atoms with Crippen molar-refractivity contribution in [3.05, 3.63) is 6.42 Å². The number of hydrogen-bond donors (Lipinski definition) is 0. The first kappa shape index (κ1) is 19.4. The number of rotatable bonds is 1. The molecule has 0 aromatic carbocycles. The molecule has 0 atom stereocenters. The third-order valence-electron chi connectivity index (χ3n) is 1.31. The van der Waals surface area contributed by atoms with E-state index >= 15 is 0 Å². The van der Waals surface area contributed by atoms with Crippen LogP contribution in [-0.2, 0) is 103 Å². The Kier molecular flexibility index (Phi) is 22.5. The number of nitrogens with zero attached hydrogens (tertiary/aromatic N) is 1. The molecule has 1 rings (SSSR count). The van der Waals surface area contributed by atoms with Gasteiger partial charge in [-0.2, -0.15) is 12.8 Å². The van der Waals surface area contributed by atoms with E-state index in [0.717, 1.165) is 25.9 Å². The molecule has 1 saturated heterocycles. The summed E-state index contributed by atoms with van der Waals surface area (Å²) in [5, 5.41) is 0. The molecule has 0 bridgehead atoms. The molecule has 0 aromatic heterocycles. The summed E-state index contributed by atoms with van der Waals surface area (Å²) in [5.74, 6) is 0. The number of piperidine rings is 1. The van der Waals surface area contributed by atoms with E-state index in [1.807, 2.05) is 6.41 Å². The van der Waals surface area contributed by atoms with Crippen molar-refractivity contribution in [2.75, 3.05) is 13.1 Å². The molecule has 0 unspecified atom stereocenters. The molecule has 2 nitrogen and oxygen atoms in total. The quantitative estimate of drug-likeness (QED) is 0.604. The second-order valence-electron chi connectivity index (χ2n) is 1.97. The minimum Gasteiger partial charge on any atom is -0.542 e. The minimum absolute atomic E-state index is 0. The SMILES string of the molecule is O=[C-]N1C[CH-]CCC1.[Y].[Y].[Y]. The maximum absolute atomic E-state index is 9.94. The van der Waals surface area contributed by atoms with Crippen LogP contribution in [0.3, 0.4) is 0 Å². The Bertz CT molecular complexity index is 85.9. The molecule has 1 fully saturated rings. The van der Waals surface area contributed by atoms with Crippen molar-refractivity contribution in [3.8, 4) is 0 Å². The molecule has 1 heterocycles. The van der Waals surface area contributed by atoms with Gasteiger partial charge in [0.15, 0.2) is 0 Å². The normalized spacial score (nSPS) is 15.1. The van der Waals surface area contributed by atoms with Gasteiger partial charge in [-0.05, 0) is 6.54 Å². The predicted molar refractivity (Wildman–Crippen MR) is 30.8 cm³/mol. The van der Waals surface area contributed by atoms with E-state index in [2.05, 4.69) is 6.42 Å². The Labute approximate surface area is 144 Å². The first-order valence-electron chi connectivity index (χ1n) is 2.88. The Morgan fingerprint density at radius 1 is 1.27 bits per heavy atom. The molecule has 0 aliphatic carbocycles. The van der Waals surface area contributed by atoms with Gasteiger partial charge in [-0.3, -0.25) is 0 Å². The zero-order valence-electron chi connectivity index (χ0n) is 6.49. The molecule has 55 valence electrons. The third-order valence-corrected chi connectivity index (χ3v) is 1.31. The Balaban J connectivity index is -0.000000213. The summed E-state index contributed by atoms with van der Waals surface area (Å²) in [7, 11) is 0. The zero-order valence-corrected chi connectivity index (χ0v) is 15.0. The van der Waals surface area contributed by atoms with Crippen LogP contribution < -0.4 is 0 Å². The topological polar surface area (TPSA) is 20.3 Å². The molecule has 1 aliphatic heterocycles. The van der Waals surface area contributed by atoms with Gasteiger partial charge in [-0.1, -0.05) is 6.42 Å². The van der Waals surface area contributed by atoms with E-state index < -0.39 is 0 Å². The van der Waals surface area contributed by atoms with Gasteiger partial charge in [-0.25, -0.2) is 0 Å². The number of carbonyl (C=O) groups excluding carboxylic acids is 1. The van der Waals surface area contributed by atoms with Crippen LogP contribution >= 0.6 is 0 Å². The summed E-state index contributed by atoms with van der Waals surface area (Å²) in [5.41, 5.74) is 0. The van der Waals surface area contributed by atoms with E-state index in [9.17, 15) is 4.79 Å². The maximum atomic E-state index is 9.94. The Morgan fingerprint density at radius 3 is 2.18 bits per heavy atom. The summed E-state index contributed by atoms with van der Waals surface area (Å²) in [6, 6.07) is 0. The van der Waals surface area contributed by atoms with E-state index in [0.29, 0.717) is 0 Å². The fourth-order valence-electron chi connectivity index (χ4n) is 0.848. The average Bonchev–Trinajstić information content (AvgIpc) is 1.90. The van der Waals surface area contributed by atoms with Crippen molar-refractivity contribution in [1.82, 2.24) is 4.90 Å². The first-order chi connectivity index (χ1) is 3.93. The van der Waals surface area contributed by atoms with Crippen molar-refractivity contribution >= 4 is 6.41 Å².